The van der Waals surface area contributed by atoms with E-state index in [2.05, 4.69) is 6.58 Å². The Hall–Kier alpha value is -2.30. The SMILES string of the molecule is C=CC1CCC(c2ccc(-c3ccc(OCC)c(F)c3F)c(F)c2F)CC1. The minimum absolute atomic E-state index is 0.0772. The Kier molecular flexibility index (Phi) is 5.88. The van der Waals surface area contributed by atoms with Crippen molar-refractivity contribution in [1.29, 1.82) is 0 Å². The van der Waals surface area contributed by atoms with E-state index < -0.39 is 23.3 Å². The van der Waals surface area contributed by atoms with Crippen LogP contribution in [0.3, 0.4) is 0 Å². The average molecular weight is 378 g/mol. The largest absolute Gasteiger partial charge is 0.491 e. The summed E-state index contributed by atoms with van der Waals surface area (Å²) in [5, 5.41) is 0. The van der Waals surface area contributed by atoms with E-state index in [-0.39, 0.29) is 29.4 Å². The zero-order chi connectivity index (χ0) is 19.6. The summed E-state index contributed by atoms with van der Waals surface area (Å²) in [5.74, 6) is -4.51. The van der Waals surface area contributed by atoms with Gasteiger partial charge in [0.05, 0.1) is 6.61 Å². The van der Waals surface area contributed by atoms with Gasteiger partial charge in [-0.3, -0.25) is 0 Å². The highest BCUT2D eigenvalue weighted by Gasteiger charge is 2.27. The highest BCUT2D eigenvalue weighted by atomic mass is 19.2. The van der Waals surface area contributed by atoms with Crippen LogP contribution in [-0.4, -0.2) is 6.61 Å². The second kappa shape index (κ2) is 8.15. The molecule has 0 spiro atoms. The van der Waals surface area contributed by atoms with Gasteiger partial charge in [0.15, 0.2) is 23.2 Å². The molecule has 1 aliphatic carbocycles. The molecule has 5 heteroatoms. The van der Waals surface area contributed by atoms with Crippen molar-refractivity contribution in [3.05, 3.63) is 65.8 Å². The smallest absolute Gasteiger partial charge is 0.201 e. The number of allylic oxidation sites excluding steroid dienone is 1. The Bertz CT molecular complexity index is 839. The molecule has 1 aliphatic rings. The Morgan fingerprint density at radius 3 is 2.07 bits per heavy atom. The minimum Gasteiger partial charge on any atom is -0.491 e. The fourth-order valence-corrected chi connectivity index (χ4v) is 3.76. The molecular weight excluding hydrogens is 356 g/mol. The molecule has 0 bridgehead atoms. The quantitative estimate of drug-likeness (QED) is 0.412. The van der Waals surface area contributed by atoms with E-state index in [9.17, 15) is 17.6 Å². The lowest BCUT2D eigenvalue weighted by atomic mass is 9.78. The third-order valence-electron chi connectivity index (χ3n) is 5.29. The lowest BCUT2D eigenvalue weighted by molar-refractivity contribution is 0.314. The summed E-state index contributed by atoms with van der Waals surface area (Å²) < 4.78 is 62.8. The van der Waals surface area contributed by atoms with Crippen LogP contribution in [0.1, 0.15) is 44.1 Å². The first-order chi connectivity index (χ1) is 13.0. The molecule has 0 N–H and O–H groups in total. The van der Waals surface area contributed by atoms with Crippen molar-refractivity contribution in [2.24, 2.45) is 5.92 Å². The normalized spacial score (nSPS) is 19.7. The summed E-state index contributed by atoms with van der Waals surface area (Å²) in [4.78, 5) is 0. The third-order valence-corrected chi connectivity index (χ3v) is 5.29. The molecule has 0 radical (unpaired) electrons. The summed E-state index contributed by atoms with van der Waals surface area (Å²) in [6.07, 6.45) is 5.17. The molecule has 2 aromatic rings. The van der Waals surface area contributed by atoms with Crippen LogP contribution in [0.5, 0.6) is 5.75 Å². The van der Waals surface area contributed by atoms with E-state index in [1.165, 1.54) is 24.3 Å². The zero-order valence-electron chi connectivity index (χ0n) is 15.2. The van der Waals surface area contributed by atoms with Gasteiger partial charge in [0.25, 0.3) is 0 Å². The molecule has 0 unspecified atom stereocenters. The van der Waals surface area contributed by atoms with Crippen LogP contribution in [0.2, 0.25) is 0 Å². The maximum atomic E-state index is 14.7. The molecule has 0 aromatic heterocycles. The van der Waals surface area contributed by atoms with Crippen LogP contribution in [0, 0.1) is 29.2 Å². The van der Waals surface area contributed by atoms with Gasteiger partial charge >= 0.3 is 0 Å². The molecule has 144 valence electrons. The minimum atomic E-state index is -1.25. The molecule has 1 fully saturated rings. The molecule has 1 saturated carbocycles. The lowest BCUT2D eigenvalue weighted by Gasteiger charge is -2.27. The maximum absolute atomic E-state index is 14.7. The standard InChI is InChI=1S/C22H22F4O/c1-3-13-5-7-14(8-6-13)15-9-10-16(20(24)19(15)23)17-11-12-18(27-4-2)22(26)21(17)25/h3,9-14H,1,4-8H2,2H3. The molecule has 0 amide bonds. The fourth-order valence-electron chi connectivity index (χ4n) is 3.76. The highest BCUT2D eigenvalue weighted by Crippen LogP contribution is 2.40. The van der Waals surface area contributed by atoms with Gasteiger partial charge < -0.3 is 4.74 Å². The number of hydrogen-bond donors (Lipinski definition) is 0. The van der Waals surface area contributed by atoms with E-state index in [1.807, 2.05) is 6.08 Å². The summed E-state index contributed by atoms with van der Waals surface area (Å²) in [6.45, 7) is 5.59. The molecule has 0 aliphatic heterocycles. The van der Waals surface area contributed by atoms with Crippen molar-refractivity contribution in [3.63, 3.8) is 0 Å². The number of benzene rings is 2. The van der Waals surface area contributed by atoms with Gasteiger partial charge in [-0.2, -0.15) is 4.39 Å². The predicted molar refractivity (Wildman–Crippen MR) is 97.8 cm³/mol. The molecule has 1 nitrogen and oxygen atoms in total. The average Bonchev–Trinajstić information content (AvgIpc) is 2.68. The van der Waals surface area contributed by atoms with Crippen LogP contribution < -0.4 is 4.74 Å². The van der Waals surface area contributed by atoms with Gasteiger partial charge in [-0.05, 0) is 62.1 Å². The summed E-state index contributed by atoms with van der Waals surface area (Å²) in [7, 11) is 0. The number of rotatable bonds is 5. The predicted octanol–water partition coefficient (Wildman–Crippen LogP) is 6.77. The van der Waals surface area contributed by atoms with Crippen molar-refractivity contribution < 1.29 is 22.3 Å². The van der Waals surface area contributed by atoms with E-state index in [0.29, 0.717) is 11.5 Å². The van der Waals surface area contributed by atoms with Gasteiger partial charge in [-0.1, -0.05) is 18.2 Å². The van der Waals surface area contributed by atoms with Gasteiger partial charge in [0, 0.05) is 11.1 Å². The Morgan fingerprint density at radius 1 is 0.889 bits per heavy atom. The molecule has 0 saturated heterocycles. The summed E-state index contributed by atoms with van der Waals surface area (Å²) >= 11 is 0. The Labute approximate surface area is 156 Å². The molecular formula is C22H22F4O. The van der Waals surface area contributed by atoms with E-state index in [4.69, 9.17) is 4.74 Å². The van der Waals surface area contributed by atoms with E-state index >= 15 is 0 Å². The Balaban J connectivity index is 1.94. The van der Waals surface area contributed by atoms with Gasteiger partial charge in [0.2, 0.25) is 5.82 Å². The van der Waals surface area contributed by atoms with Crippen LogP contribution in [0.25, 0.3) is 11.1 Å². The van der Waals surface area contributed by atoms with Crippen molar-refractivity contribution in [3.8, 4) is 16.9 Å². The van der Waals surface area contributed by atoms with Gasteiger partial charge in [-0.15, -0.1) is 6.58 Å². The molecule has 0 atom stereocenters. The molecule has 3 rings (SSSR count). The Morgan fingerprint density at radius 2 is 1.48 bits per heavy atom. The summed E-state index contributed by atoms with van der Waals surface area (Å²) in [5.41, 5.74) is -0.324. The number of ether oxygens (including phenoxy) is 1. The van der Waals surface area contributed by atoms with Gasteiger partial charge in [0.1, 0.15) is 0 Å². The molecule has 27 heavy (non-hydrogen) atoms. The first kappa shape index (κ1) is 19.5. The second-order valence-corrected chi connectivity index (χ2v) is 6.85. The van der Waals surface area contributed by atoms with E-state index in [0.717, 1.165) is 25.7 Å². The van der Waals surface area contributed by atoms with Crippen LogP contribution in [0.15, 0.2) is 36.9 Å². The summed E-state index contributed by atoms with van der Waals surface area (Å²) in [6, 6.07) is 5.24. The number of halogens is 4. The first-order valence-electron chi connectivity index (χ1n) is 9.19. The highest BCUT2D eigenvalue weighted by molar-refractivity contribution is 5.66. The fraction of sp³-hybridized carbons (Fsp3) is 0.364. The van der Waals surface area contributed by atoms with Crippen molar-refractivity contribution in [2.45, 2.75) is 38.5 Å². The van der Waals surface area contributed by atoms with Crippen LogP contribution >= 0.6 is 0 Å². The second-order valence-electron chi connectivity index (χ2n) is 6.85. The lowest BCUT2D eigenvalue weighted by Crippen LogP contribution is -2.13. The molecule has 2 aromatic carbocycles. The maximum Gasteiger partial charge on any atom is 0.201 e. The number of hydrogen-bond acceptors (Lipinski definition) is 1. The zero-order valence-corrected chi connectivity index (χ0v) is 15.2. The van der Waals surface area contributed by atoms with Crippen molar-refractivity contribution in [2.75, 3.05) is 6.61 Å². The monoisotopic (exact) mass is 378 g/mol. The van der Waals surface area contributed by atoms with Crippen LogP contribution in [0.4, 0.5) is 17.6 Å². The molecule has 0 heterocycles. The third kappa shape index (κ3) is 3.73. The topological polar surface area (TPSA) is 9.23 Å². The van der Waals surface area contributed by atoms with Crippen molar-refractivity contribution in [1.82, 2.24) is 0 Å². The van der Waals surface area contributed by atoms with E-state index in [1.54, 1.807) is 6.92 Å². The first-order valence-corrected chi connectivity index (χ1v) is 9.19. The van der Waals surface area contributed by atoms with Gasteiger partial charge in [-0.25, -0.2) is 13.2 Å². The van der Waals surface area contributed by atoms with Crippen LogP contribution in [-0.2, 0) is 0 Å². The van der Waals surface area contributed by atoms with Crippen molar-refractivity contribution >= 4 is 0 Å².